The van der Waals surface area contributed by atoms with Crippen LogP contribution in [0.4, 0.5) is 4.39 Å². The summed E-state index contributed by atoms with van der Waals surface area (Å²) >= 11 is 5.82. The molecule has 0 saturated heterocycles. The molecule has 2 atom stereocenters. The molecule has 1 aromatic carbocycles. The number of rotatable bonds is 6. The Bertz CT molecular complexity index is 382. The Labute approximate surface area is 113 Å². The van der Waals surface area contributed by atoms with Crippen LogP contribution < -0.4 is 0 Å². The second-order valence-corrected chi connectivity index (χ2v) is 5.11. The molecule has 0 amide bonds. The van der Waals surface area contributed by atoms with E-state index in [4.69, 9.17) is 16.3 Å². The highest BCUT2D eigenvalue weighted by Crippen LogP contribution is 2.20. The van der Waals surface area contributed by atoms with E-state index in [9.17, 15) is 9.50 Å². The summed E-state index contributed by atoms with van der Waals surface area (Å²) in [6, 6.07) is 4.36. The lowest BCUT2D eigenvalue weighted by Gasteiger charge is -2.26. The molecule has 102 valence electrons. The number of benzene rings is 1. The average Bonchev–Trinajstić information content (AvgIpc) is 2.30. The maximum atomic E-state index is 13.6. The summed E-state index contributed by atoms with van der Waals surface area (Å²) in [4.78, 5) is 0. The average molecular weight is 275 g/mol. The molecule has 1 N–H and O–H groups in total. The Kier molecular flexibility index (Phi) is 6.06. The quantitative estimate of drug-likeness (QED) is 0.861. The third kappa shape index (κ3) is 4.23. The van der Waals surface area contributed by atoms with Crippen molar-refractivity contribution >= 4 is 11.6 Å². The lowest BCUT2D eigenvalue weighted by Crippen LogP contribution is -2.35. The number of hydrogen-bond donors (Lipinski definition) is 1. The van der Waals surface area contributed by atoms with Crippen LogP contribution in [-0.4, -0.2) is 23.9 Å². The Balaban J connectivity index is 2.78. The second kappa shape index (κ2) is 7.07. The first-order valence-corrected chi connectivity index (χ1v) is 6.57. The minimum absolute atomic E-state index is 0.169. The molecular weight excluding hydrogens is 255 g/mol. The fraction of sp³-hybridized carbons (Fsp3) is 0.571. The number of aliphatic hydroxyl groups is 1. The highest BCUT2D eigenvalue weighted by molar-refractivity contribution is 6.30. The van der Waals surface area contributed by atoms with Crippen LogP contribution in [0.15, 0.2) is 18.2 Å². The molecule has 0 saturated carbocycles. The van der Waals surface area contributed by atoms with E-state index in [0.717, 1.165) is 0 Å². The Morgan fingerprint density at radius 3 is 2.61 bits per heavy atom. The summed E-state index contributed by atoms with van der Waals surface area (Å²) in [6.07, 6.45) is -0.832. The van der Waals surface area contributed by atoms with Gasteiger partial charge in [-0.2, -0.15) is 0 Å². The molecule has 0 aliphatic rings. The third-order valence-electron chi connectivity index (χ3n) is 2.83. The van der Waals surface area contributed by atoms with Crippen LogP contribution in [0.25, 0.3) is 0 Å². The lowest BCUT2D eigenvalue weighted by molar-refractivity contribution is -0.0564. The molecule has 0 heterocycles. The fourth-order valence-electron chi connectivity index (χ4n) is 1.98. The summed E-state index contributed by atoms with van der Waals surface area (Å²) in [6.45, 7) is 6.34. The van der Waals surface area contributed by atoms with Crippen LogP contribution in [0.3, 0.4) is 0 Å². The predicted octanol–water partition coefficient (Wildman–Crippen LogP) is 3.44. The van der Waals surface area contributed by atoms with Gasteiger partial charge in [0.2, 0.25) is 0 Å². The van der Waals surface area contributed by atoms with E-state index >= 15 is 0 Å². The molecule has 0 aromatic heterocycles. The highest BCUT2D eigenvalue weighted by atomic mass is 35.5. The molecule has 2 unspecified atom stereocenters. The number of hydrogen-bond acceptors (Lipinski definition) is 2. The summed E-state index contributed by atoms with van der Waals surface area (Å²) in [5.74, 6) is -0.181. The minimum atomic E-state index is -0.738. The maximum absolute atomic E-state index is 13.6. The first kappa shape index (κ1) is 15.4. The summed E-state index contributed by atoms with van der Waals surface area (Å²) in [5, 5.41) is 10.6. The highest BCUT2D eigenvalue weighted by Gasteiger charge is 2.24. The molecule has 0 spiro atoms. The van der Waals surface area contributed by atoms with Gasteiger partial charge in [0.05, 0.1) is 12.2 Å². The SMILES string of the molecule is CCOC(C(C)C)C(O)Cc1cc(Cl)ccc1F. The standard InChI is InChI=1S/C14H20ClFO2/c1-4-18-14(9(2)3)13(17)8-10-7-11(15)5-6-12(10)16/h5-7,9,13-14,17H,4,8H2,1-3H3. The van der Waals surface area contributed by atoms with E-state index in [1.54, 1.807) is 6.07 Å². The van der Waals surface area contributed by atoms with Crippen LogP contribution in [0.5, 0.6) is 0 Å². The van der Waals surface area contributed by atoms with Gasteiger partial charge in [-0.1, -0.05) is 25.4 Å². The van der Waals surface area contributed by atoms with Crippen molar-refractivity contribution < 1.29 is 14.2 Å². The molecule has 2 nitrogen and oxygen atoms in total. The van der Waals surface area contributed by atoms with Gasteiger partial charge in [-0.05, 0) is 36.6 Å². The lowest BCUT2D eigenvalue weighted by atomic mass is 9.96. The van der Waals surface area contributed by atoms with Crippen LogP contribution in [0.2, 0.25) is 5.02 Å². The molecular formula is C14H20ClFO2. The molecule has 4 heteroatoms. The summed E-state index contributed by atoms with van der Waals surface area (Å²) < 4.78 is 19.1. The zero-order valence-electron chi connectivity index (χ0n) is 11.0. The second-order valence-electron chi connectivity index (χ2n) is 4.67. The van der Waals surface area contributed by atoms with E-state index in [0.29, 0.717) is 17.2 Å². The van der Waals surface area contributed by atoms with Crippen molar-refractivity contribution in [3.8, 4) is 0 Å². The minimum Gasteiger partial charge on any atom is -0.390 e. The largest absolute Gasteiger partial charge is 0.390 e. The van der Waals surface area contributed by atoms with Gasteiger partial charge in [-0.15, -0.1) is 0 Å². The number of aliphatic hydroxyl groups excluding tert-OH is 1. The van der Waals surface area contributed by atoms with Crippen molar-refractivity contribution in [3.63, 3.8) is 0 Å². The van der Waals surface area contributed by atoms with Crippen LogP contribution >= 0.6 is 11.6 Å². The van der Waals surface area contributed by atoms with Gasteiger partial charge in [0, 0.05) is 18.1 Å². The fourth-order valence-corrected chi connectivity index (χ4v) is 2.18. The monoisotopic (exact) mass is 274 g/mol. The molecule has 0 aliphatic heterocycles. The van der Waals surface area contributed by atoms with Crippen molar-refractivity contribution in [2.24, 2.45) is 5.92 Å². The van der Waals surface area contributed by atoms with Gasteiger partial charge in [-0.25, -0.2) is 4.39 Å². The maximum Gasteiger partial charge on any atom is 0.126 e. The van der Waals surface area contributed by atoms with Crippen molar-refractivity contribution in [1.82, 2.24) is 0 Å². The zero-order valence-corrected chi connectivity index (χ0v) is 11.7. The van der Waals surface area contributed by atoms with Gasteiger partial charge < -0.3 is 9.84 Å². The molecule has 0 bridgehead atoms. The Hall–Kier alpha value is -0.640. The van der Waals surface area contributed by atoms with E-state index in [2.05, 4.69) is 0 Å². The molecule has 0 fully saturated rings. The summed E-state index contributed by atoms with van der Waals surface area (Å²) in [7, 11) is 0. The molecule has 0 aliphatic carbocycles. The molecule has 18 heavy (non-hydrogen) atoms. The van der Waals surface area contributed by atoms with Gasteiger partial charge in [-0.3, -0.25) is 0 Å². The summed E-state index contributed by atoms with van der Waals surface area (Å²) in [5.41, 5.74) is 0.417. The van der Waals surface area contributed by atoms with Crippen LogP contribution in [0.1, 0.15) is 26.3 Å². The zero-order chi connectivity index (χ0) is 13.7. The molecule has 1 aromatic rings. The van der Waals surface area contributed by atoms with Crippen molar-refractivity contribution in [2.45, 2.75) is 39.4 Å². The van der Waals surface area contributed by atoms with Gasteiger partial charge in [0.1, 0.15) is 5.82 Å². The first-order valence-electron chi connectivity index (χ1n) is 6.19. The Morgan fingerprint density at radius 2 is 2.06 bits per heavy atom. The molecule has 1 rings (SSSR count). The predicted molar refractivity (Wildman–Crippen MR) is 71.4 cm³/mol. The van der Waals surface area contributed by atoms with E-state index in [1.165, 1.54) is 12.1 Å². The van der Waals surface area contributed by atoms with Crippen molar-refractivity contribution in [3.05, 3.63) is 34.6 Å². The number of halogens is 2. The Morgan fingerprint density at radius 1 is 1.39 bits per heavy atom. The van der Waals surface area contributed by atoms with Crippen LogP contribution in [0, 0.1) is 11.7 Å². The van der Waals surface area contributed by atoms with E-state index in [-0.39, 0.29) is 24.3 Å². The normalized spacial score (nSPS) is 14.8. The van der Waals surface area contributed by atoms with Crippen molar-refractivity contribution in [2.75, 3.05) is 6.61 Å². The number of ether oxygens (including phenoxy) is 1. The van der Waals surface area contributed by atoms with E-state index in [1.807, 2.05) is 20.8 Å². The van der Waals surface area contributed by atoms with Crippen molar-refractivity contribution in [1.29, 1.82) is 0 Å². The van der Waals surface area contributed by atoms with Gasteiger partial charge in [0.15, 0.2) is 0 Å². The van der Waals surface area contributed by atoms with Crippen LogP contribution in [-0.2, 0) is 11.2 Å². The van der Waals surface area contributed by atoms with E-state index < -0.39 is 6.10 Å². The third-order valence-corrected chi connectivity index (χ3v) is 3.07. The first-order chi connectivity index (χ1) is 8.45. The van der Waals surface area contributed by atoms with Gasteiger partial charge in [0.25, 0.3) is 0 Å². The smallest absolute Gasteiger partial charge is 0.126 e. The van der Waals surface area contributed by atoms with Gasteiger partial charge >= 0.3 is 0 Å². The topological polar surface area (TPSA) is 29.5 Å². The molecule has 0 radical (unpaired) electrons.